The lowest BCUT2D eigenvalue weighted by Crippen LogP contribution is -2.11. The van der Waals surface area contributed by atoms with E-state index in [0.717, 1.165) is 11.3 Å². The van der Waals surface area contributed by atoms with Crippen molar-refractivity contribution in [2.24, 2.45) is 0 Å². The van der Waals surface area contributed by atoms with Gasteiger partial charge in [0.15, 0.2) is 11.5 Å². The topological polar surface area (TPSA) is 73.3 Å². The summed E-state index contributed by atoms with van der Waals surface area (Å²) in [4.78, 5) is 12.4. The molecule has 1 amide bonds. The lowest BCUT2D eigenvalue weighted by Gasteiger charge is -2.09. The second kappa shape index (κ2) is 8.87. The first-order valence-corrected chi connectivity index (χ1v) is 9.34. The van der Waals surface area contributed by atoms with Gasteiger partial charge in [-0.3, -0.25) is 4.79 Å². The van der Waals surface area contributed by atoms with E-state index >= 15 is 0 Å². The molecular weight excluding hydrogens is 378 g/mol. The standard InChI is InChI=1S/C24H19N3O3/c1-29-21-9-5-6-10-22(21)30-23-16-15-20(26-27-23)17-11-13-18(14-12-17)24(28)25-19-7-3-2-4-8-19/h2-16H,1H3,(H,25,28). The van der Waals surface area contributed by atoms with Crippen LogP contribution in [0, 0.1) is 0 Å². The van der Waals surface area contributed by atoms with Crippen molar-refractivity contribution < 1.29 is 14.3 Å². The highest BCUT2D eigenvalue weighted by molar-refractivity contribution is 6.04. The van der Waals surface area contributed by atoms with E-state index in [1.807, 2.05) is 66.7 Å². The van der Waals surface area contributed by atoms with Crippen molar-refractivity contribution in [3.63, 3.8) is 0 Å². The summed E-state index contributed by atoms with van der Waals surface area (Å²) in [5.74, 6) is 1.38. The Labute approximate surface area is 174 Å². The number of anilines is 1. The number of rotatable bonds is 6. The molecule has 0 aliphatic heterocycles. The van der Waals surface area contributed by atoms with Gasteiger partial charge in [-0.2, -0.15) is 0 Å². The highest BCUT2D eigenvalue weighted by Gasteiger charge is 2.09. The molecule has 0 unspecified atom stereocenters. The van der Waals surface area contributed by atoms with Crippen LogP contribution in [-0.4, -0.2) is 23.2 Å². The van der Waals surface area contributed by atoms with E-state index in [4.69, 9.17) is 9.47 Å². The minimum Gasteiger partial charge on any atom is -0.493 e. The van der Waals surface area contributed by atoms with Crippen molar-refractivity contribution in [1.29, 1.82) is 0 Å². The monoisotopic (exact) mass is 397 g/mol. The van der Waals surface area contributed by atoms with Crippen molar-refractivity contribution >= 4 is 11.6 Å². The van der Waals surface area contributed by atoms with Crippen LogP contribution < -0.4 is 14.8 Å². The molecule has 0 aliphatic carbocycles. The summed E-state index contributed by atoms with van der Waals surface area (Å²) in [7, 11) is 1.58. The molecule has 0 bridgehead atoms. The Morgan fingerprint density at radius 2 is 1.47 bits per heavy atom. The second-order valence-corrected chi connectivity index (χ2v) is 6.41. The van der Waals surface area contributed by atoms with Crippen LogP contribution in [0.5, 0.6) is 17.4 Å². The maximum atomic E-state index is 12.4. The smallest absolute Gasteiger partial charge is 0.255 e. The summed E-state index contributed by atoms with van der Waals surface area (Å²) in [6.45, 7) is 0. The molecule has 1 N–H and O–H groups in total. The molecular formula is C24H19N3O3. The van der Waals surface area contributed by atoms with E-state index < -0.39 is 0 Å². The summed E-state index contributed by atoms with van der Waals surface area (Å²) < 4.78 is 11.0. The summed E-state index contributed by atoms with van der Waals surface area (Å²) in [6, 6.07) is 27.4. The molecule has 0 spiro atoms. The van der Waals surface area contributed by atoms with Crippen LogP contribution >= 0.6 is 0 Å². The first kappa shape index (κ1) is 19.1. The van der Waals surface area contributed by atoms with Gasteiger partial charge in [0.1, 0.15) is 0 Å². The number of ether oxygens (including phenoxy) is 2. The predicted molar refractivity (Wildman–Crippen MR) is 115 cm³/mol. The fourth-order valence-corrected chi connectivity index (χ4v) is 2.86. The number of nitrogens with one attached hydrogen (secondary N) is 1. The number of carbonyl (C=O) groups is 1. The van der Waals surface area contributed by atoms with E-state index in [2.05, 4.69) is 15.5 Å². The minimum absolute atomic E-state index is 0.167. The Morgan fingerprint density at radius 3 is 2.13 bits per heavy atom. The van der Waals surface area contributed by atoms with Crippen molar-refractivity contribution in [2.75, 3.05) is 12.4 Å². The molecule has 3 aromatic carbocycles. The molecule has 148 valence electrons. The number of benzene rings is 3. The van der Waals surface area contributed by atoms with Gasteiger partial charge in [0.25, 0.3) is 5.91 Å². The summed E-state index contributed by atoms with van der Waals surface area (Å²) in [6.07, 6.45) is 0. The molecule has 6 nitrogen and oxygen atoms in total. The first-order valence-electron chi connectivity index (χ1n) is 9.34. The van der Waals surface area contributed by atoms with Gasteiger partial charge in [-0.25, -0.2) is 0 Å². The molecule has 1 heterocycles. The van der Waals surface area contributed by atoms with Crippen LogP contribution in [0.2, 0.25) is 0 Å². The predicted octanol–water partition coefficient (Wildman–Crippen LogP) is 5.20. The number of para-hydroxylation sites is 3. The third-order valence-electron chi connectivity index (χ3n) is 4.40. The van der Waals surface area contributed by atoms with Crippen LogP contribution in [0.15, 0.2) is 91.0 Å². The Morgan fingerprint density at radius 1 is 0.767 bits per heavy atom. The van der Waals surface area contributed by atoms with E-state index in [1.165, 1.54) is 0 Å². The fourth-order valence-electron chi connectivity index (χ4n) is 2.86. The number of hydrogen-bond donors (Lipinski definition) is 1. The van der Waals surface area contributed by atoms with Gasteiger partial charge in [-0.15, -0.1) is 10.2 Å². The summed E-state index contributed by atoms with van der Waals surface area (Å²) >= 11 is 0. The third-order valence-corrected chi connectivity index (χ3v) is 4.40. The molecule has 4 aromatic rings. The molecule has 6 heteroatoms. The van der Waals surface area contributed by atoms with E-state index in [9.17, 15) is 4.79 Å². The average Bonchev–Trinajstić information content (AvgIpc) is 2.81. The first-order chi connectivity index (χ1) is 14.7. The number of amides is 1. The molecule has 1 aromatic heterocycles. The summed E-state index contributed by atoms with van der Waals surface area (Å²) in [5, 5.41) is 11.2. The van der Waals surface area contributed by atoms with Gasteiger partial charge >= 0.3 is 0 Å². The van der Waals surface area contributed by atoms with Crippen molar-refractivity contribution in [1.82, 2.24) is 10.2 Å². The number of nitrogens with zero attached hydrogens (tertiary/aromatic N) is 2. The Kier molecular flexibility index (Phi) is 5.66. The fraction of sp³-hybridized carbons (Fsp3) is 0.0417. The van der Waals surface area contributed by atoms with Crippen LogP contribution in [0.25, 0.3) is 11.3 Å². The van der Waals surface area contributed by atoms with Gasteiger partial charge < -0.3 is 14.8 Å². The van der Waals surface area contributed by atoms with E-state index in [-0.39, 0.29) is 5.91 Å². The molecule has 0 atom stereocenters. The largest absolute Gasteiger partial charge is 0.493 e. The van der Waals surface area contributed by atoms with Crippen LogP contribution in [0.1, 0.15) is 10.4 Å². The van der Waals surface area contributed by atoms with Crippen molar-refractivity contribution in [3.8, 4) is 28.6 Å². The molecule has 4 rings (SSSR count). The van der Waals surface area contributed by atoms with Crippen LogP contribution in [0.3, 0.4) is 0 Å². The Hall–Kier alpha value is -4.19. The highest BCUT2D eigenvalue weighted by Crippen LogP contribution is 2.30. The molecule has 0 saturated carbocycles. The number of carbonyl (C=O) groups excluding carboxylic acids is 1. The maximum absolute atomic E-state index is 12.4. The number of methoxy groups -OCH3 is 1. The zero-order valence-corrected chi connectivity index (χ0v) is 16.3. The van der Waals surface area contributed by atoms with Gasteiger partial charge in [-0.05, 0) is 42.5 Å². The normalized spacial score (nSPS) is 10.3. The molecule has 0 fully saturated rings. The lowest BCUT2D eigenvalue weighted by atomic mass is 10.1. The quantitative estimate of drug-likeness (QED) is 0.484. The maximum Gasteiger partial charge on any atom is 0.255 e. The van der Waals surface area contributed by atoms with Crippen LogP contribution in [-0.2, 0) is 0 Å². The van der Waals surface area contributed by atoms with E-state index in [0.29, 0.717) is 28.6 Å². The molecule has 0 radical (unpaired) electrons. The zero-order valence-electron chi connectivity index (χ0n) is 16.3. The molecule has 30 heavy (non-hydrogen) atoms. The third kappa shape index (κ3) is 4.44. The van der Waals surface area contributed by atoms with Crippen molar-refractivity contribution in [3.05, 3.63) is 96.6 Å². The van der Waals surface area contributed by atoms with Crippen molar-refractivity contribution in [2.45, 2.75) is 0 Å². The molecule has 0 aliphatic rings. The Balaban J connectivity index is 1.45. The van der Waals surface area contributed by atoms with Gasteiger partial charge in [0, 0.05) is 22.9 Å². The minimum atomic E-state index is -0.167. The van der Waals surface area contributed by atoms with Crippen LogP contribution in [0.4, 0.5) is 5.69 Å². The second-order valence-electron chi connectivity index (χ2n) is 6.41. The number of aromatic nitrogens is 2. The SMILES string of the molecule is COc1ccccc1Oc1ccc(-c2ccc(C(=O)Nc3ccccc3)cc2)nn1. The average molecular weight is 397 g/mol. The lowest BCUT2D eigenvalue weighted by molar-refractivity contribution is 0.102. The van der Waals surface area contributed by atoms with Gasteiger partial charge in [-0.1, -0.05) is 42.5 Å². The highest BCUT2D eigenvalue weighted by atomic mass is 16.5. The molecule has 0 saturated heterocycles. The van der Waals surface area contributed by atoms with Gasteiger partial charge in [0.05, 0.1) is 12.8 Å². The van der Waals surface area contributed by atoms with E-state index in [1.54, 1.807) is 31.4 Å². The number of hydrogen-bond acceptors (Lipinski definition) is 5. The summed E-state index contributed by atoms with van der Waals surface area (Å²) in [5.41, 5.74) is 2.84. The Bertz CT molecular complexity index is 1130. The zero-order chi connectivity index (χ0) is 20.8. The van der Waals surface area contributed by atoms with Gasteiger partial charge in [0.2, 0.25) is 5.88 Å².